The fraction of sp³-hybridized carbons (Fsp3) is 0.364. The summed E-state index contributed by atoms with van der Waals surface area (Å²) in [7, 11) is 0. The number of hydrogen-bond donors (Lipinski definition) is 1. The van der Waals surface area contributed by atoms with E-state index >= 15 is 0 Å². The van der Waals surface area contributed by atoms with Gasteiger partial charge in [0.1, 0.15) is 10.8 Å². The van der Waals surface area contributed by atoms with Gasteiger partial charge in [-0.05, 0) is 13.8 Å². The lowest BCUT2D eigenvalue weighted by Gasteiger charge is -2.34. The quantitative estimate of drug-likeness (QED) is 0.635. The number of thiazole rings is 1. The van der Waals surface area contributed by atoms with E-state index in [1.165, 1.54) is 5.56 Å². The molecule has 1 aromatic carbocycles. The topological polar surface area (TPSA) is 91.6 Å². The van der Waals surface area contributed by atoms with Crippen molar-refractivity contribution in [2.24, 2.45) is 0 Å². The lowest BCUT2D eigenvalue weighted by molar-refractivity contribution is -0.132. The summed E-state index contributed by atoms with van der Waals surface area (Å²) in [5.74, 6) is 1.00. The van der Waals surface area contributed by atoms with E-state index in [-0.39, 0.29) is 18.4 Å². The Morgan fingerprint density at radius 1 is 1.13 bits per heavy atom. The van der Waals surface area contributed by atoms with Gasteiger partial charge in [-0.25, -0.2) is 4.98 Å². The number of nitrogens with one attached hydrogen (secondary N) is 1. The Hall–Kier alpha value is -3.04. The number of nitrogens with zero attached hydrogens (tertiary/aromatic N) is 4. The average molecular weight is 440 g/mol. The molecule has 0 aliphatic carbocycles. The van der Waals surface area contributed by atoms with Gasteiger partial charge in [0.2, 0.25) is 11.8 Å². The molecule has 0 radical (unpaired) electrons. The van der Waals surface area contributed by atoms with Gasteiger partial charge >= 0.3 is 0 Å². The molecule has 0 saturated carbocycles. The molecule has 162 valence electrons. The van der Waals surface area contributed by atoms with Crippen molar-refractivity contribution in [1.82, 2.24) is 19.9 Å². The number of rotatable bonds is 6. The normalized spacial score (nSPS) is 14.6. The molecule has 1 fully saturated rings. The van der Waals surface area contributed by atoms with E-state index in [1.54, 1.807) is 24.3 Å². The third kappa shape index (κ3) is 5.56. The molecule has 3 heterocycles. The number of amides is 2. The molecule has 2 aromatic heterocycles. The van der Waals surface area contributed by atoms with Gasteiger partial charge in [-0.3, -0.25) is 14.5 Å². The van der Waals surface area contributed by atoms with E-state index < -0.39 is 0 Å². The third-order valence-corrected chi connectivity index (χ3v) is 6.11. The Bertz CT molecular complexity index is 1050. The average Bonchev–Trinajstić information content (AvgIpc) is 3.38. The van der Waals surface area contributed by atoms with Crippen LogP contribution in [0.2, 0.25) is 0 Å². The van der Waals surface area contributed by atoms with E-state index in [1.807, 2.05) is 15.2 Å². The van der Waals surface area contributed by atoms with Gasteiger partial charge in [-0.1, -0.05) is 35.0 Å². The fourth-order valence-corrected chi connectivity index (χ4v) is 4.28. The highest BCUT2D eigenvalue weighted by atomic mass is 32.1. The van der Waals surface area contributed by atoms with E-state index in [2.05, 4.69) is 46.6 Å². The van der Waals surface area contributed by atoms with Crippen LogP contribution in [0.4, 0.5) is 5.82 Å². The van der Waals surface area contributed by atoms with Crippen LogP contribution in [-0.4, -0.2) is 64.5 Å². The number of benzene rings is 1. The lowest BCUT2D eigenvalue weighted by Crippen LogP contribution is -2.50. The molecule has 0 unspecified atom stereocenters. The Balaban J connectivity index is 1.24. The maximum Gasteiger partial charge on any atom is 0.239 e. The summed E-state index contributed by atoms with van der Waals surface area (Å²) in [5, 5.41) is 9.38. The molecule has 4 rings (SSSR count). The van der Waals surface area contributed by atoms with Gasteiger partial charge in [0.25, 0.3) is 0 Å². The molecule has 31 heavy (non-hydrogen) atoms. The van der Waals surface area contributed by atoms with Crippen molar-refractivity contribution < 1.29 is 14.1 Å². The van der Waals surface area contributed by atoms with Crippen molar-refractivity contribution in [1.29, 1.82) is 0 Å². The second-order valence-corrected chi connectivity index (χ2v) is 8.57. The van der Waals surface area contributed by atoms with Crippen molar-refractivity contribution in [3.05, 3.63) is 52.7 Å². The van der Waals surface area contributed by atoms with Crippen LogP contribution < -0.4 is 5.32 Å². The summed E-state index contributed by atoms with van der Waals surface area (Å²) in [6, 6.07) is 9.91. The Kier molecular flexibility index (Phi) is 6.43. The maximum atomic E-state index is 12.7. The molecular formula is C22H25N5O3S. The van der Waals surface area contributed by atoms with Crippen LogP contribution in [0, 0.1) is 13.8 Å². The smallest absolute Gasteiger partial charge is 0.239 e. The van der Waals surface area contributed by atoms with Gasteiger partial charge in [0.05, 0.1) is 18.7 Å². The summed E-state index contributed by atoms with van der Waals surface area (Å²) in [5.41, 5.74) is 3.08. The molecule has 9 heteroatoms. The third-order valence-electron chi connectivity index (χ3n) is 5.17. The highest BCUT2D eigenvalue weighted by molar-refractivity contribution is 7.13. The van der Waals surface area contributed by atoms with Gasteiger partial charge in [-0.15, -0.1) is 11.3 Å². The first-order valence-corrected chi connectivity index (χ1v) is 11.1. The predicted octanol–water partition coefficient (Wildman–Crippen LogP) is 2.74. The first-order valence-electron chi connectivity index (χ1n) is 10.2. The van der Waals surface area contributed by atoms with Crippen molar-refractivity contribution in [3.63, 3.8) is 0 Å². The minimum atomic E-state index is -0.140. The fourth-order valence-electron chi connectivity index (χ4n) is 3.45. The Morgan fingerprint density at radius 2 is 1.87 bits per heavy atom. The molecule has 0 atom stereocenters. The van der Waals surface area contributed by atoms with Crippen LogP contribution in [-0.2, 0) is 16.0 Å². The molecule has 8 nitrogen and oxygen atoms in total. The van der Waals surface area contributed by atoms with Gasteiger partial charge in [-0.2, -0.15) is 0 Å². The second-order valence-electron chi connectivity index (χ2n) is 7.71. The van der Waals surface area contributed by atoms with E-state index in [4.69, 9.17) is 4.52 Å². The zero-order valence-corrected chi connectivity index (χ0v) is 18.4. The maximum absolute atomic E-state index is 12.7. The summed E-state index contributed by atoms with van der Waals surface area (Å²) >= 11 is 1.56. The van der Waals surface area contributed by atoms with Crippen LogP contribution in [0.15, 0.2) is 40.2 Å². The molecule has 0 spiro atoms. The van der Waals surface area contributed by atoms with Crippen LogP contribution >= 0.6 is 11.3 Å². The number of carbonyl (C=O) groups is 2. The van der Waals surface area contributed by atoms with E-state index in [0.29, 0.717) is 44.2 Å². The SMILES string of the molecule is Cc1ccc(-c2nc(CC(=O)N3CCN(CC(=O)Nc4cc(C)on4)CC3)cs2)cc1. The number of aryl methyl sites for hydroxylation is 2. The minimum Gasteiger partial charge on any atom is -0.360 e. The van der Waals surface area contributed by atoms with Crippen LogP contribution in [0.5, 0.6) is 0 Å². The van der Waals surface area contributed by atoms with Gasteiger partial charge < -0.3 is 14.7 Å². The largest absolute Gasteiger partial charge is 0.360 e. The highest BCUT2D eigenvalue weighted by Gasteiger charge is 2.23. The molecule has 3 aromatic rings. The standard InChI is InChI=1S/C22H25N5O3S/c1-15-3-5-17(6-4-15)22-23-18(14-31-22)12-21(29)27-9-7-26(8-10-27)13-20(28)24-19-11-16(2)30-25-19/h3-6,11,14H,7-10,12-13H2,1-2H3,(H,24,25,28). The summed E-state index contributed by atoms with van der Waals surface area (Å²) in [6.45, 7) is 6.60. The molecule has 2 amide bonds. The first-order chi connectivity index (χ1) is 15.0. The molecule has 1 aliphatic rings. The van der Waals surface area contributed by atoms with Crippen LogP contribution in [0.3, 0.4) is 0 Å². The summed E-state index contributed by atoms with van der Waals surface area (Å²) in [6.07, 6.45) is 0.300. The number of hydrogen-bond acceptors (Lipinski definition) is 7. The molecule has 1 aliphatic heterocycles. The summed E-state index contributed by atoms with van der Waals surface area (Å²) in [4.78, 5) is 33.4. The van der Waals surface area contributed by atoms with Gasteiger partial charge in [0, 0.05) is 43.2 Å². The number of anilines is 1. The van der Waals surface area contributed by atoms with Crippen molar-refractivity contribution in [2.45, 2.75) is 20.3 Å². The Morgan fingerprint density at radius 3 is 2.55 bits per heavy atom. The Labute approximate surface area is 184 Å². The molecule has 0 bridgehead atoms. The van der Waals surface area contributed by atoms with E-state index in [0.717, 1.165) is 16.3 Å². The summed E-state index contributed by atoms with van der Waals surface area (Å²) < 4.78 is 4.95. The first kappa shape index (κ1) is 21.2. The molecule has 1 N–H and O–H groups in total. The van der Waals surface area contributed by atoms with E-state index in [9.17, 15) is 9.59 Å². The lowest BCUT2D eigenvalue weighted by atomic mass is 10.2. The van der Waals surface area contributed by atoms with Crippen LogP contribution in [0.25, 0.3) is 10.6 Å². The number of aromatic nitrogens is 2. The monoisotopic (exact) mass is 439 g/mol. The predicted molar refractivity (Wildman–Crippen MR) is 119 cm³/mol. The molecular weight excluding hydrogens is 414 g/mol. The zero-order valence-electron chi connectivity index (χ0n) is 17.6. The van der Waals surface area contributed by atoms with Crippen LogP contribution in [0.1, 0.15) is 17.0 Å². The highest BCUT2D eigenvalue weighted by Crippen LogP contribution is 2.24. The van der Waals surface area contributed by atoms with Crippen molar-refractivity contribution in [2.75, 3.05) is 38.0 Å². The zero-order chi connectivity index (χ0) is 21.8. The van der Waals surface area contributed by atoms with Crippen molar-refractivity contribution in [3.8, 4) is 10.6 Å². The van der Waals surface area contributed by atoms with Gasteiger partial charge in [0.15, 0.2) is 5.82 Å². The number of carbonyl (C=O) groups excluding carboxylic acids is 2. The minimum absolute atomic E-state index is 0.0722. The second kappa shape index (κ2) is 9.40. The van der Waals surface area contributed by atoms with Crippen molar-refractivity contribution >= 4 is 29.0 Å². The molecule has 1 saturated heterocycles. The number of piperazine rings is 1.